The first-order chi connectivity index (χ1) is 25.2. The Balaban J connectivity index is 1.09. The molecule has 0 bridgehead atoms. The number of benzene rings is 7. The minimum absolute atomic E-state index is 0.570. The highest BCUT2D eigenvalue weighted by molar-refractivity contribution is 6.25. The fourth-order valence-corrected chi connectivity index (χ4v) is 7.13. The van der Waals surface area contributed by atoms with Crippen LogP contribution < -0.4 is 0 Å². The Labute approximate surface area is 289 Å². The highest BCUT2D eigenvalue weighted by Gasteiger charge is 2.20. The predicted molar refractivity (Wildman–Crippen MR) is 201 cm³/mol. The number of rotatable bonds is 4. The molecule has 0 fully saturated rings. The third kappa shape index (κ3) is 4.38. The van der Waals surface area contributed by atoms with E-state index in [1.807, 2.05) is 109 Å². The zero-order chi connectivity index (χ0) is 33.5. The average molecular weight is 657 g/mol. The fraction of sp³-hybridized carbons (Fsp3) is 0. The molecule has 51 heavy (non-hydrogen) atoms. The van der Waals surface area contributed by atoms with Crippen molar-refractivity contribution in [1.29, 1.82) is 0 Å². The summed E-state index contributed by atoms with van der Waals surface area (Å²) in [5.41, 5.74) is 8.23. The van der Waals surface area contributed by atoms with Crippen LogP contribution in [0.1, 0.15) is 0 Å². The summed E-state index contributed by atoms with van der Waals surface area (Å²) in [5.74, 6) is 2.32. The van der Waals surface area contributed by atoms with Crippen molar-refractivity contribution < 1.29 is 13.3 Å². The van der Waals surface area contributed by atoms with Crippen LogP contribution >= 0.6 is 0 Å². The lowest BCUT2D eigenvalue weighted by atomic mass is 10.0. The smallest absolute Gasteiger partial charge is 0.227 e. The van der Waals surface area contributed by atoms with E-state index < -0.39 is 0 Å². The van der Waals surface area contributed by atoms with Crippen molar-refractivity contribution in [2.45, 2.75) is 0 Å². The maximum Gasteiger partial charge on any atom is 0.227 e. The Morgan fingerprint density at radius 2 is 0.922 bits per heavy atom. The molecule has 0 radical (unpaired) electrons. The second-order valence-electron chi connectivity index (χ2n) is 12.6. The van der Waals surface area contributed by atoms with Crippen molar-refractivity contribution in [3.63, 3.8) is 0 Å². The molecule has 4 aromatic heterocycles. The van der Waals surface area contributed by atoms with Gasteiger partial charge in [-0.2, -0.15) is 0 Å². The molecule has 0 amide bonds. The molecule has 11 rings (SSSR count). The molecule has 0 unspecified atom stereocenters. The average Bonchev–Trinajstić information content (AvgIpc) is 3.91. The van der Waals surface area contributed by atoms with Crippen LogP contribution in [-0.4, -0.2) is 19.9 Å². The van der Waals surface area contributed by atoms with Crippen LogP contribution in [0.5, 0.6) is 0 Å². The van der Waals surface area contributed by atoms with Crippen LogP contribution in [0.25, 0.3) is 111 Å². The maximum absolute atomic E-state index is 6.36. The third-order valence-corrected chi connectivity index (χ3v) is 9.56. The minimum atomic E-state index is 0.570. The van der Waals surface area contributed by atoms with Crippen LogP contribution in [0.15, 0.2) is 159 Å². The normalized spacial score (nSPS) is 11.9. The van der Waals surface area contributed by atoms with Gasteiger partial charge in [-0.3, -0.25) is 0 Å². The van der Waals surface area contributed by atoms with Crippen molar-refractivity contribution in [2.75, 3.05) is 0 Å². The van der Waals surface area contributed by atoms with Gasteiger partial charge in [-0.1, -0.05) is 91.0 Å². The summed E-state index contributed by atoms with van der Waals surface area (Å²) in [6.07, 6.45) is 0. The van der Waals surface area contributed by atoms with E-state index in [1.54, 1.807) is 0 Å². The number of hydrogen-bond donors (Lipinski definition) is 0. The number of oxazole rings is 1. The molecule has 0 spiro atoms. The molecule has 4 heterocycles. The number of para-hydroxylation sites is 1. The Bertz CT molecular complexity index is 3140. The lowest BCUT2D eigenvalue weighted by Gasteiger charge is -2.09. The van der Waals surface area contributed by atoms with E-state index in [0.29, 0.717) is 28.9 Å². The topological polar surface area (TPSA) is 91.0 Å². The molecule has 0 aliphatic rings. The molecule has 0 aliphatic carbocycles. The van der Waals surface area contributed by atoms with Crippen LogP contribution in [0.4, 0.5) is 0 Å². The standard InChI is InChI=1S/C44H24N4O3/c1-3-9-25(10-4-1)41-46-42(48-43(47-41)29-16-19-32-31-13-7-8-14-33(31)49-37(32)24-29)28-15-18-30-27(23-28)17-20-34-38(30)39-35(50-34)21-22-36-40(39)45-44(51-36)26-11-5-2-6-12-26/h1-24H. The van der Waals surface area contributed by atoms with Crippen molar-refractivity contribution >= 4 is 65.7 Å². The Kier molecular flexibility index (Phi) is 5.83. The van der Waals surface area contributed by atoms with Gasteiger partial charge in [0.25, 0.3) is 0 Å². The van der Waals surface area contributed by atoms with Crippen molar-refractivity contribution in [3.05, 3.63) is 146 Å². The molecule has 0 saturated heterocycles. The molecule has 0 saturated carbocycles. The summed E-state index contributed by atoms with van der Waals surface area (Å²) < 4.78 is 18.8. The Morgan fingerprint density at radius 3 is 1.73 bits per heavy atom. The number of aromatic nitrogens is 4. The van der Waals surface area contributed by atoms with Gasteiger partial charge in [-0.15, -0.1) is 0 Å². The van der Waals surface area contributed by atoms with E-state index >= 15 is 0 Å². The minimum Gasteiger partial charge on any atom is -0.456 e. The zero-order valence-electron chi connectivity index (χ0n) is 26.9. The second-order valence-corrected chi connectivity index (χ2v) is 12.6. The summed E-state index contributed by atoms with van der Waals surface area (Å²) in [6.45, 7) is 0. The summed E-state index contributed by atoms with van der Waals surface area (Å²) in [6, 6.07) is 48.4. The van der Waals surface area contributed by atoms with E-state index in [-0.39, 0.29) is 0 Å². The summed E-state index contributed by atoms with van der Waals surface area (Å²) in [5, 5.41) is 6.13. The fourth-order valence-electron chi connectivity index (χ4n) is 7.13. The van der Waals surface area contributed by atoms with Crippen molar-refractivity contribution in [3.8, 4) is 45.6 Å². The monoisotopic (exact) mass is 656 g/mol. The van der Waals surface area contributed by atoms with Gasteiger partial charge in [0.05, 0.1) is 5.39 Å². The SMILES string of the molecule is c1ccc(-c2nc(-c3ccc4c(ccc5oc6ccc7oc(-c8ccccc8)nc7c6c54)c3)nc(-c3ccc4c(c3)oc3ccccc34)n2)cc1. The molecule has 7 aromatic carbocycles. The summed E-state index contributed by atoms with van der Waals surface area (Å²) >= 11 is 0. The second kappa shape index (κ2) is 10.7. The number of fused-ring (bicyclic) bond motifs is 10. The summed E-state index contributed by atoms with van der Waals surface area (Å²) in [7, 11) is 0. The van der Waals surface area contributed by atoms with Gasteiger partial charge in [-0.25, -0.2) is 19.9 Å². The van der Waals surface area contributed by atoms with Gasteiger partial charge in [0.2, 0.25) is 5.89 Å². The van der Waals surface area contributed by atoms with E-state index in [0.717, 1.165) is 82.4 Å². The largest absolute Gasteiger partial charge is 0.456 e. The van der Waals surface area contributed by atoms with Gasteiger partial charge in [0, 0.05) is 38.4 Å². The van der Waals surface area contributed by atoms with Crippen LogP contribution in [0.2, 0.25) is 0 Å². The number of hydrogen-bond acceptors (Lipinski definition) is 7. The van der Waals surface area contributed by atoms with E-state index in [1.165, 1.54) is 0 Å². The molecule has 0 atom stereocenters. The Morgan fingerprint density at radius 1 is 0.333 bits per heavy atom. The first kappa shape index (κ1) is 27.8. The highest BCUT2D eigenvalue weighted by Crippen LogP contribution is 2.41. The number of furan rings is 2. The maximum atomic E-state index is 6.36. The first-order valence-electron chi connectivity index (χ1n) is 16.7. The molecular formula is C44H24N4O3. The quantitative estimate of drug-likeness (QED) is 0.186. The van der Waals surface area contributed by atoms with Crippen LogP contribution in [-0.2, 0) is 0 Å². The van der Waals surface area contributed by atoms with E-state index in [2.05, 4.69) is 36.4 Å². The molecule has 7 nitrogen and oxygen atoms in total. The molecule has 7 heteroatoms. The van der Waals surface area contributed by atoms with Gasteiger partial charge in [0.15, 0.2) is 23.1 Å². The molecule has 11 aromatic rings. The molecule has 0 aliphatic heterocycles. The summed E-state index contributed by atoms with van der Waals surface area (Å²) in [4.78, 5) is 19.9. The van der Waals surface area contributed by atoms with Crippen LogP contribution in [0.3, 0.4) is 0 Å². The molecule has 238 valence electrons. The van der Waals surface area contributed by atoms with Gasteiger partial charge in [-0.05, 0) is 65.4 Å². The highest BCUT2D eigenvalue weighted by atomic mass is 16.4. The third-order valence-electron chi connectivity index (χ3n) is 9.56. The lowest BCUT2D eigenvalue weighted by molar-refractivity contribution is 0.619. The van der Waals surface area contributed by atoms with E-state index in [4.69, 9.17) is 33.2 Å². The predicted octanol–water partition coefficient (Wildman–Crippen LogP) is 11.6. The van der Waals surface area contributed by atoms with Crippen LogP contribution in [0, 0.1) is 0 Å². The van der Waals surface area contributed by atoms with Gasteiger partial charge >= 0.3 is 0 Å². The zero-order valence-corrected chi connectivity index (χ0v) is 26.9. The van der Waals surface area contributed by atoms with Crippen molar-refractivity contribution in [2.24, 2.45) is 0 Å². The van der Waals surface area contributed by atoms with Gasteiger partial charge < -0.3 is 13.3 Å². The number of nitrogens with zero attached hydrogens (tertiary/aromatic N) is 4. The lowest BCUT2D eigenvalue weighted by Crippen LogP contribution is -2.00. The van der Waals surface area contributed by atoms with Crippen molar-refractivity contribution in [1.82, 2.24) is 19.9 Å². The molecular weight excluding hydrogens is 633 g/mol. The Hall–Kier alpha value is -7.12. The van der Waals surface area contributed by atoms with E-state index in [9.17, 15) is 0 Å². The first-order valence-corrected chi connectivity index (χ1v) is 16.7. The van der Waals surface area contributed by atoms with Gasteiger partial charge in [0.1, 0.15) is 27.8 Å². The molecule has 0 N–H and O–H groups in total.